The van der Waals surface area contributed by atoms with Crippen LogP contribution < -0.4 is 20.1 Å². The zero-order chi connectivity index (χ0) is 17.5. The van der Waals surface area contributed by atoms with Gasteiger partial charge in [-0.05, 0) is 31.0 Å². The SMILES string of the molecule is COc1cc(C(=O)NCC2=CCNCC2)cc(Cl)c1OCC(C)C. The third-order valence-corrected chi connectivity index (χ3v) is 3.97. The molecule has 1 amide bonds. The topological polar surface area (TPSA) is 59.6 Å². The van der Waals surface area contributed by atoms with Crippen molar-refractivity contribution in [2.24, 2.45) is 5.92 Å². The lowest BCUT2D eigenvalue weighted by Gasteiger charge is -2.16. The average Bonchev–Trinajstić information content (AvgIpc) is 2.58. The van der Waals surface area contributed by atoms with Crippen molar-refractivity contribution in [1.29, 1.82) is 0 Å². The van der Waals surface area contributed by atoms with Crippen molar-refractivity contribution >= 4 is 17.5 Å². The van der Waals surface area contributed by atoms with Gasteiger partial charge in [-0.2, -0.15) is 0 Å². The molecule has 2 rings (SSSR count). The monoisotopic (exact) mass is 352 g/mol. The Morgan fingerprint density at radius 2 is 2.21 bits per heavy atom. The number of amides is 1. The van der Waals surface area contributed by atoms with Crippen LogP contribution in [0, 0.1) is 5.92 Å². The zero-order valence-corrected chi connectivity index (χ0v) is 15.2. The predicted octanol–water partition coefficient (Wildman–Crippen LogP) is 3.03. The van der Waals surface area contributed by atoms with E-state index in [9.17, 15) is 4.79 Å². The van der Waals surface area contributed by atoms with Crippen LogP contribution in [-0.2, 0) is 0 Å². The first-order valence-electron chi connectivity index (χ1n) is 8.18. The van der Waals surface area contributed by atoms with Gasteiger partial charge in [0, 0.05) is 18.7 Å². The summed E-state index contributed by atoms with van der Waals surface area (Å²) in [7, 11) is 1.54. The van der Waals surface area contributed by atoms with E-state index < -0.39 is 0 Å². The number of rotatable bonds is 7. The molecule has 24 heavy (non-hydrogen) atoms. The van der Waals surface area contributed by atoms with Crippen molar-refractivity contribution in [2.45, 2.75) is 20.3 Å². The van der Waals surface area contributed by atoms with Gasteiger partial charge in [-0.1, -0.05) is 37.1 Å². The number of carbonyl (C=O) groups is 1. The fraction of sp³-hybridized carbons (Fsp3) is 0.500. The molecule has 1 aliphatic heterocycles. The zero-order valence-electron chi connectivity index (χ0n) is 14.4. The highest BCUT2D eigenvalue weighted by Crippen LogP contribution is 2.36. The van der Waals surface area contributed by atoms with E-state index in [1.807, 2.05) is 0 Å². The molecule has 2 N–H and O–H groups in total. The first-order valence-corrected chi connectivity index (χ1v) is 8.56. The van der Waals surface area contributed by atoms with E-state index >= 15 is 0 Å². The minimum Gasteiger partial charge on any atom is -0.493 e. The molecule has 0 saturated heterocycles. The summed E-state index contributed by atoms with van der Waals surface area (Å²) in [5.74, 6) is 1.14. The summed E-state index contributed by atoms with van der Waals surface area (Å²) in [6.45, 7) is 6.99. The maximum Gasteiger partial charge on any atom is 0.251 e. The summed E-state index contributed by atoms with van der Waals surface area (Å²) in [5, 5.41) is 6.55. The molecule has 0 atom stereocenters. The van der Waals surface area contributed by atoms with Gasteiger partial charge in [0.05, 0.1) is 18.7 Å². The highest BCUT2D eigenvalue weighted by molar-refractivity contribution is 6.32. The number of nitrogens with one attached hydrogen (secondary N) is 2. The van der Waals surface area contributed by atoms with Crippen LogP contribution >= 0.6 is 11.6 Å². The Bertz CT molecular complexity index is 615. The van der Waals surface area contributed by atoms with Gasteiger partial charge in [-0.15, -0.1) is 0 Å². The summed E-state index contributed by atoms with van der Waals surface area (Å²) < 4.78 is 11.0. The van der Waals surface area contributed by atoms with Gasteiger partial charge in [0.15, 0.2) is 11.5 Å². The third kappa shape index (κ3) is 5.14. The number of carbonyl (C=O) groups excluding carboxylic acids is 1. The Balaban J connectivity index is 2.07. The molecule has 5 nitrogen and oxygen atoms in total. The summed E-state index contributed by atoms with van der Waals surface area (Å²) in [6.07, 6.45) is 3.06. The number of hydrogen-bond donors (Lipinski definition) is 2. The Labute approximate surface area is 148 Å². The first-order chi connectivity index (χ1) is 11.5. The Hall–Kier alpha value is -1.72. The smallest absolute Gasteiger partial charge is 0.251 e. The predicted molar refractivity (Wildman–Crippen MR) is 96.2 cm³/mol. The van der Waals surface area contributed by atoms with Crippen LogP contribution in [-0.4, -0.2) is 39.3 Å². The number of ether oxygens (including phenoxy) is 2. The van der Waals surface area contributed by atoms with Gasteiger partial charge in [0.2, 0.25) is 0 Å². The van der Waals surface area contributed by atoms with E-state index in [-0.39, 0.29) is 5.91 Å². The van der Waals surface area contributed by atoms with Gasteiger partial charge in [0.1, 0.15) is 0 Å². The summed E-state index contributed by atoms with van der Waals surface area (Å²) in [4.78, 5) is 12.4. The van der Waals surface area contributed by atoms with E-state index in [4.69, 9.17) is 21.1 Å². The van der Waals surface area contributed by atoms with Crippen molar-refractivity contribution in [3.63, 3.8) is 0 Å². The molecule has 6 heteroatoms. The minimum atomic E-state index is -0.176. The lowest BCUT2D eigenvalue weighted by atomic mass is 10.1. The molecule has 0 unspecified atom stereocenters. The molecule has 1 heterocycles. The first kappa shape index (κ1) is 18.6. The normalized spacial score (nSPS) is 14.3. The van der Waals surface area contributed by atoms with Crippen LogP contribution in [0.2, 0.25) is 5.02 Å². The molecule has 1 aromatic carbocycles. The van der Waals surface area contributed by atoms with E-state index in [1.54, 1.807) is 12.1 Å². The molecule has 0 bridgehead atoms. The minimum absolute atomic E-state index is 0.176. The molecule has 0 spiro atoms. The van der Waals surface area contributed by atoms with Crippen LogP contribution in [0.4, 0.5) is 0 Å². The van der Waals surface area contributed by atoms with E-state index in [1.165, 1.54) is 12.7 Å². The summed E-state index contributed by atoms with van der Waals surface area (Å²) >= 11 is 6.29. The Morgan fingerprint density at radius 3 is 2.83 bits per heavy atom. The lowest BCUT2D eigenvalue weighted by Crippen LogP contribution is -2.29. The summed E-state index contributed by atoms with van der Waals surface area (Å²) in [5.41, 5.74) is 1.69. The second kappa shape index (κ2) is 8.94. The standard InChI is InChI=1S/C18H25ClN2O3/c1-12(2)11-24-17-15(19)8-14(9-16(17)23-3)18(22)21-10-13-4-6-20-7-5-13/h4,8-9,12,20H,5-7,10-11H2,1-3H3,(H,21,22). The summed E-state index contributed by atoms with van der Waals surface area (Å²) in [6, 6.07) is 3.28. The molecule has 0 radical (unpaired) electrons. The van der Waals surface area contributed by atoms with Crippen LogP contribution in [0.1, 0.15) is 30.6 Å². The molecule has 0 saturated carbocycles. The highest BCUT2D eigenvalue weighted by Gasteiger charge is 2.16. The molecule has 1 aromatic rings. The molecular weight excluding hydrogens is 328 g/mol. The highest BCUT2D eigenvalue weighted by atomic mass is 35.5. The van der Waals surface area contributed by atoms with E-state index in [0.717, 1.165) is 19.5 Å². The molecule has 0 aliphatic carbocycles. The number of methoxy groups -OCH3 is 1. The number of benzene rings is 1. The number of hydrogen-bond acceptors (Lipinski definition) is 4. The van der Waals surface area contributed by atoms with Crippen LogP contribution in [0.25, 0.3) is 0 Å². The van der Waals surface area contributed by atoms with Crippen molar-refractivity contribution in [2.75, 3.05) is 33.4 Å². The Kier molecular flexibility index (Phi) is 6.94. The molecule has 132 valence electrons. The lowest BCUT2D eigenvalue weighted by molar-refractivity contribution is 0.0956. The second-order valence-electron chi connectivity index (χ2n) is 6.19. The van der Waals surface area contributed by atoms with Crippen LogP contribution in [0.15, 0.2) is 23.8 Å². The van der Waals surface area contributed by atoms with Crippen molar-refractivity contribution in [1.82, 2.24) is 10.6 Å². The van der Waals surface area contributed by atoms with Crippen molar-refractivity contribution in [3.05, 3.63) is 34.4 Å². The van der Waals surface area contributed by atoms with Gasteiger partial charge in [0.25, 0.3) is 5.91 Å². The fourth-order valence-corrected chi connectivity index (χ4v) is 2.63. The largest absolute Gasteiger partial charge is 0.493 e. The third-order valence-electron chi connectivity index (χ3n) is 3.69. The molecular formula is C18H25ClN2O3. The fourth-order valence-electron chi connectivity index (χ4n) is 2.37. The van der Waals surface area contributed by atoms with Crippen molar-refractivity contribution in [3.8, 4) is 11.5 Å². The van der Waals surface area contributed by atoms with Gasteiger partial charge in [-0.25, -0.2) is 0 Å². The van der Waals surface area contributed by atoms with Crippen LogP contribution in [0.5, 0.6) is 11.5 Å². The maximum atomic E-state index is 12.4. The van der Waals surface area contributed by atoms with E-state index in [2.05, 4.69) is 30.6 Å². The Morgan fingerprint density at radius 1 is 1.42 bits per heavy atom. The molecule has 1 aliphatic rings. The average molecular weight is 353 g/mol. The quantitative estimate of drug-likeness (QED) is 0.740. The van der Waals surface area contributed by atoms with Gasteiger partial charge < -0.3 is 20.1 Å². The van der Waals surface area contributed by atoms with E-state index in [0.29, 0.717) is 41.2 Å². The van der Waals surface area contributed by atoms with Gasteiger partial charge in [-0.3, -0.25) is 4.79 Å². The van der Waals surface area contributed by atoms with Gasteiger partial charge >= 0.3 is 0 Å². The number of halogens is 1. The molecule has 0 fully saturated rings. The second-order valence-corrected chi connectivity index (χ2v) is 6.60. The molecule has 0 aromatic heterocycles. The maximum absolute atomic E-state index is 12.4. The van der Waals surface area contributed by atoms with Crippen molar-refractivity contribution < 1.29 is 14.3 Å². The van der Waals surface area contributed by atoms with Crippen LogP contribution in [0.3, 0.4) is 0 Å².